The molecule has 2 aromatic heterocycles. The van der Waals surface area contributed by atoms with Gasteiger partial charge in [-0.15, -0.1) is 0 Å². The van der Waals surface area contributed by atoms with Crippen LogP contribution >= 0.6 is 0 Å². The number of imidazole rings is 1. The summed E-state index contributed by atoms with van der Waals surface area (Å²) in [6.07, 6.45) is 0.0803. The minimum atomic E-state index is -0.814. The first-order chi connectivity index (χ1) is 15.0. The molecule has 9 heteroatoms. The maximum atomic E-state index is 12.7. The Morgan fingerprint density at radius 2 is 2.03 bits per heavy atom. The third-order valence-electron chi connectivity index (χ3n) is 5.71. The van der Waals surface area contributed by atoms with Gasteiger partial charge in [-0.3, -0.25) is 9.59 Å². The van der Waals surface area contributed by atoms with Crippen molar-refractivity contribution in [1.82, 2.24) is 20.3 Å². The van der Waals surface area contributed by atoms with E-state index in [1.165, 1.54) is 0 Å². The molecule has 1 saturated heterocycles. The van der Waals surface area contributed by atoms with E-state index in [4.69, 9.17) is 10.8 Å². The molecule has 0 aliphatic carbocycles. The summed E-state index contributed by atoms with van der Waals surface area (Å²) in [5.74, 6) is -0.396. The molecule has 5 rings (SSSR count). The summed E-state index contributed by atoms with van der Waals surface area (Å²) < 4.78 is 0. The maximum absolute atomic E-state index is 12.7. The SMILES string of the molecule is Nc1c(-c2nc3ccc(N4CCNC(CC(=O)O)C4)cc3[nH]2)c(=O)[nH]c2ccccc12. The number of piperazine rings is 1. The lowest BCUT2D eigenvalue weighted by molar-refractivity contribution is -0.137. The van der Waals surface area contributed by atoms with Crippen LogP contribution in [0.25, 0.3) is 33.3 Å². The summed E-state index contributed by atoms with van der Waals surface area (Å²) in [4.78, 5) is 36.6. The van der Waals surface area contributed by atoms with Gasteiger partial charge in [-0.1, -0.05) is 18.2 Å². The number of rotatable bonds is 4. The zero-order valence-corrected chi connectivity index (χ0v) is 16.7. The van der Waals surface area contributed by atoms with E-state index in [9.17, 15) is 9.59 Å². The molecular formula is C22H22N6O3. The highest BCUT2D eigenvalue weighted by Crippen LogP contribution is 2.29. The van der Waals surface area contributed by atoms with Crippen molar-refractivity contribution in [3.05, 3.63) is 52.8 Å². The number of aromatic amines is 2. The van der Waals surface area contributed by atoms with E-state index >= 15 is 0 Å². The van der Waals surface area contributed by atoms with Gasteiger partial charge in [-0.2, -0.15) is 0 Å². The van der Waals surface area contributed by atoms with Gasteiger partial charge in [-0.25, -0.2) is 4.98 Å². The highest BCUT2D eigenvalue weighted by molar-refractivity contribution is 5.97. The van der Waals surface area contributed by atoms with E-state index in [2.05, 4.69) is 25.2 Å². The van der Waals surface area contributed by atoms with Crippen LogP contribution in [0.15, 0.2) is 47.3 Å². The Morgan fingerprint density at radius 3 is 2.87 bits per heavy atom. The summed E-state index contributed by atoms with van der Waals surface area (Å²) in [7, 11) is 0. The van der Waals surface area contributed by atoms with Crippen molar-refractivity contribution < 1.29 is 9.90 Å². The Balaban J connectivity index is 1.52. The molecule has 4 aromatic rings. The molecule has 0 saturated carbocycles. The van der Waals surface area contributed by atoms with Crippen molar-refractivity contribution >= 4 is 39.3 Å². The summed E-state index contributed by atoms with van der Waals surface area (Å²) in [5, 5.41) is 13.1. The van der Waals surface area contributed by atoms with Crippen LogP contribution in [0.5, 0.6) is 0 Å². The van der Waals surface area contributed by atoms with Crippen LogP contribution in [0, 0.1) is 0 Å². The molecule has 6 N–H and O–H groups in total. The Bertz CT molecular complexity index is 1360. The van der Waals surface area contributed by atoms with Crippen molar-refractivity contribution in [2.45, 2.75) is 12.5 Å². The van der Waals surface area contributed by atoms with E-state index in [-0.39, 0.29) is 18.0 Å². The number of H-pyrrole nitrogens is 2. The van der Waals surface area contributed by atoms with Gasteiger partial charge in [0.2, 0.25) is 0 Å². The molecule has 9 nitrogen and oxygen atoms in total. The Hall–Kier alpha value is -3.85. The second-order valence-corrected chi connectivity index (χ2v) is 7.77. The fraction of sp³-hybridized carbons (Fsp3) is 0.227. The largest absolute Gasteiger partial charge is 0.481 e. The van der Waals surface area contributed by atoms with Gasteiger partial charge in [0.1, 0.15) is 11.4 Å². The number of carbonyl (C=O) groups is 1. The number of nitrogen functional groups attached to an aromatic ring is 1. The summed E-state index contributed by atoms with van der Waals surface area (Å²) in [5.41, 5.74) is 9.91. The second-order valence-electron chi connectivity index (χ2n) is 7.77. The first kappa shape index (κ1) is 19.1. The van der Waals surface area contributed by atoms with Crippen molar-refractivity contribution in [3.63, 3.8) is 0 Å². The average molecular weight is 418 g/mol. The predicted octanol–water partition coefficient (Wildman–Crippen LogP) is 1.91. The van der Waals surface area contributed by atoms with Crippen LogP contribution in [0.4, 0.5) is 11.4 Å². The van der Waals surface area contributed by atoms with Gasteiger partial charge < -0.3 is 31.0 Å². The molecule has 0 bridgehead atoms. The number of aliphatic carboxylic acids is 1. The number of nitrogens with two attached hydrogens (primary N) is 1. The molecule has 1 aliphatic rings. The molecular weight excluding hydrogens is 396 g/mol. The summed E-state index contributed by atoms with van der Waals surface area (Å²) >= 11 is 0. The number of carboxylic acid groups (broad SMARTS) is 1. The van der Waals surface area contributed by atoms with Crippen molar-refractivity contribution in [2.75, 3.05) is 30.3 Å². The Morgan fingerprint density at radius 1 is 1.19 bits per heavy atom. The topological polar surface area (TPSA) is 140 Å². The van der Waals surface area contributed by atoms with Crippen LogP contribution in [0.1, 0.15) is 6.42 Å². The molecule has 0 amide bonds. The maximum Gasteiger partial charge on any atom is 0.304 e. The molecule has 0 spiro atoms. The lowest BCUT2D eigenvalue weighted by atomic mass is 10.1. The van der Waals surface area contributed by atoms with E-state index in [1.807, 2.05) is 42.5 Å². The number of fused-ring (bicyclic) bond motifs is 2. The molecule has 3 heterocycles. The van der Waals surface area contributed by atoms with Crippen molar-refractivity contribution in [2.24, 2.45) is 0 Å². The number of nitrogens with one attached hydrogen (secondary N) is 3. The Labute approximate surface area is 176 Å². The first-order valence-electron chi connectivity index (χ1n) is 10.1. The zero-order valence-electron chi connectivity index (χ0n) is 16.7. The third-order valence-corrected chi connectivity index (χ3v) is 5.71. The zero-order chi connectivity index (χ0) is 21.5. The number of para-hydroxylation sites is 1. The number of hydrogen-bond acceptors (Lipinski definition) is 6. The number of carboxylic acids is 1. The molecule has 1 aliphatic heterocycles. The van der Waals surface area contributed by atoms with E-state index < -0.39 is 5.97 Å². The number of aromatic nitrogens is 3. The fourth-order valence-electron chi connectivity index (χ4n) is 4.22. The fourth-order valence-corrected chi connectivity index (χ4v) is 4.22. The number of nitrogens with zero attached hydrogens (tertiary/aromatic N) is 2. The highest BCUT2D eigenvalue weighted by Gasteiger charge is 2.22. The van der Waals surface area contributed by atoms with Gasteiger partial charge in [0, 0.05) is 36.7 Å². The Kier molecular flexibility index (Phi) is 4.59. The molecule has 31 heavy (non-hydrogen) atoms. The van der Waals surface area contributed by atoms with Gasteiger partial charge in [0.15, 0.2) is 0 Å². The normalized spacial score (nSPS) is 16.8. The van der Waals surface area contributed by atoms with Crippen LogP contribution in [-0.2, 0) is 4.79 Å². The molecule has 158 valence electrons. The summed E-state index contributed by atoms with van der Waals surface area (Å²) in [6.45, 7) is 2.10. The monoisotopic (exact) mass is 418 g/mol. The van der Waals surface area contributed by atoms with Gasteiger partial charge in [0.05, 0.1) is 28.7 Å². The minimum Gasteiger partial charge on any atom is -0.481 e. The standard InChI is InChI=1S/C22H22N6O3/c23-20-14-3-1-2-4-15(14)27-22(31)19(20)21-25-16-6-5-13(10-17(16)26-21)28-8-7-24-12(11-28)9-18(29)30/h1-6,10,12,24H,7-9,11H2,(H,25,26)(H,29,30)(H3,23,27,31). The van der Waals surface area contributed by atoms with E-state index in [1.54, 1.807) is 0 Å². The van der Waals surface area contributed by atoms with Crippen molar-refractivity contribution in [3.8, 4) is 11.4 Å². The lowest BCUT2D eigenvalue weighted by Gasteiger charge is -2.34. The predicted molar refractivity (Wildman–Crippen MR) is 120 cm³/mol. The number of hydrogen-bond donors (Lipinski definition) is 5. The first-order valence-corrected chi connectivity index (χ1v) is 10.1. The van der Waals surface area contributed by atoms with Crippen LogP contribution in [0.2, 0.25) is 0 Å². The quantitative estimate of drug-likeness (QED) is 0.341. The number of benzene rings is 2. The van der Waals surface area contributed by atoms with E-state index in [0.29, 0.717) is 35.7 Å². The molecule has 1 unspecified atom stereocenters. The number of anilines is 2. The molecule has 2 aromatic carbocycles. The molecule has 0 radical (unpaired) electrons. The van der Waals surface area contributed by atoms with Gasteiger partial charge in [0.25, 0.3) is 5.56 Å². The van der Waals surface area contributed by atoms with Crippen LogP contribution < -0.4 is 21.5 Å². The van der Waals surface area contributed by atoms with Gasteiger partial charge in [-0.05, 0) is 24.3 Å². The van der Waals surface area contributed by atoms with Gasteiger partial charge >= 0.3 is 5.97 Å². The van der Waals surface area contributed by atoms with Crippen LogP contribution in [-0.4, -0.2) is 51.7 Å². The average Bonchev–Trinajstić information content (AvgIpc) is 3.16. The second kappa shape index (κ2) is 7.44. The van der Waals surface area contributed by atoms with Crippen molar-refractivity contribution in [1.29, 1.82) is 0 Å². The lowest BCUT2D eigenvalue weighted by Crippen LogP contribution is -2.51. The van der Waals surface area contributed by atoms with Crippen LogP contribution in [0.3, 0.4) is 0 Å². The molecule has 1 fully saturated rings. The number of pyridine rings is 1. The molecule has 1 atom stereocenters. The smallest absolute Gasteiger partial charge is 0.304 e. The van der Waals surface area contributed by atoms with E-state index in [0.717, 1.165) is 28.7 Å². The summed E-state index contributed by atoms with van der Waals surface area (Å²) in [6, 6.07) is 13.1. The minimum absolute atomic E-state index is 0.0803. The third kappa shape index (κ3) is 3.49. The highest BCUT2D eigenvalue weighted by atomic mass is 16.4.